The fourth-order valence-electron chi connectivity index (χ4n) is 3.21. The molecule has 0 saturated heterocycles. The molecule has 23 heavy (non-hydrogen) atoms. The first-order chi connectivity index (χ1) is 11.0. The van der Waals surface area contributed by atoms with Crippen molar-refractivity contribution in [3.8, 4) is 0 Å². The second-order valence-corrected chi connectivity index (χ2v) is 7.22. The maximum atomic E-state index is 12.4. The van der Waals surface area contributed by atoms with Crippen molar-refractivity contribution >= 4 is 27.5 Å². The zero-order valence-corrected chi connectivity index (χ0v) is 15.2. The van der Waals surface area contributed by atoms with Gasteiger partial charge in [0.1, 0.15) is 0 Å². The highest BCUT2D eigenvalue weighted by molar-refractivity contribution is 9.10. The number of benzene rings is 1. The van der Waals surface area contributed by atoms with Crippen molar-refractivity contribution < 1.29 is 4.79 Å². The second kappa shape index (κ2) is 6.87. The number of nitrogens with one attached hydrogen (secondary N) is 1. The Bertz CT molecular complexity index is 700. The van der Waals surface area contributed by atoms with Crippen molar-refractivity contribution in [2.24, 2.45) is 5.92 Å². The molecule has 1 amide bonds. The fraction of sp³-hybridized carbons (Fsp3) is 0.444. The molecule has 0 atom stereocenters. The highest BCUT2D eigenvalue weighted by Crippen LogP contribution is 2.28. The summed E-state index contributed by atoms with van der Waals surface area (Å²) in [6, 6.07) is 8.22. The maximum absolute atomic E-state index is 12.4. The molecular weight excluding hydrogens is 354 g/mol. The molecule has 2 aromatic rings. The number of carbonyl (C=O) groups excluding carboxylic acids is 1. The van der Waals surface area contributed by atoms with Crippen LogP contribution in [0, 0.1) is 19.8 Å². The summed E-state index contributed by atoms with van der Waals surface area (Å²) in [6.45, 7) is 4.68. The van der Waals surface area contributed by atoms with E-state index in [2.05, 4.69) is 38.5 Å². The van der Waals surface area contributed by atoms with Crippen LogP contribution in [0.3, 0.4) is 0 Å². The van der Waals surface area contributed by atoms with E-state index in [4.69, 9.17) is 0 Å². The van der Waals surface area contributed by atoms with Crippen LogP contribution >= 0.6 is 15.9 Å². The molecule has 1 aliphatic rings. The molecule has 0 unspecified atom stereocenters. The molecule has 1 heterocycles. The Labute approximate surface area is 145 Å². The number of carbonyl (C=O) groups is 1. The molecule has 1 N–H and O–H groups in total. The Morgan fingerprint density at radius 1 is 1.26 bits per heavy atom. The van der Waals surface area contributed by atoms with Crippen LogP contribution in [0.2, 0.25) is 0 Å². The van der Waals surface area contributed by atoms with Gasteiger partial charge >= 0.3 is 0 Å². The number of anilines is 1. The largest absolute Gasteiger partial charge is 0.323 e. The Morgan fingerprint density at radius 2 is 1.91 bits per heavy atom. The molecule has 3 rings (SSSR count). The van der Waals surface area contributed by atoms with Gasteiger partial charge in [-0.1, -0.05) is 40.9 Å². The Kier molecular flexibility index (Phi) is 4.85. The summed E-state index contributed by atoms with van der Waals surface area (Å²) in [7, 11) is 0. The average molecular weight is 376 g/mol. The molecule has 1 aromatic heterocycles. The average Bonchev–Trinajstić information content (AvgIpc) is 3.14. The molecule has 0 radical (unpaired) electrons. The molecule has 0 spiro atoms. The monoisotopic (exact) mass is 375 g/mol. The van der Waals surface area contributed by atoms with E-state index in [1.165, 1.54) is 18.4 Å². The van der Waals surface area contributed by atoms with Gasteiger partial charge in [-0.05, 0) is 44.4 Å². The van der Waals surface area contributed by atoms with Crippen LogP contribution in [0.25, 0.3) is 0 Å². The number of amides is 1. The molecule has 122 valence electrons. The molecule has 1 aromatic carbocycles. The normalized spacial score (nSPS) is 15.1. The topological polar surface area (TPSA) is 46.9 Å². The Balaban J connectivity index is 1.76. The molecule has 1 fully saturated rings. The van der Waals surface area contributed by atoms with Crippen molar-refractivity contribution in [1.82, 2.24) is 9.78 Å². The highest BCUT2D eigenvalue weighted by Gasteiger charge is 2.24. The fourth-order valence-corrected chi connectivity index (χ4v) is 3.47. The van der Waals surface area contributed by atoms with Gasteiger partial charge in [-0.15, -0.1) is 0 Å². The smallest absolute Gasteiger partial charge is 0.227 e. The van der Waals surface area contributed by atoms with Crippen LogP contribution < -0.4 is 5.32 Å². The summed E-state index contributed by atoms with van der Waals surface area (Å²) in [5, 5.41) is 7.70. The van der Waals surface area contributed by atoms with E-state index in [-0.39, 0.29) is 11.8 Å². The van der Waals surface area contributed by atoms with Gasteiger partial charge in [0.05, 0.1) is 23.6 Å². The van der Waals surface area contributed by atoms with Crippen molar-refractivity contribution in [2.75, 3.05) is 5.32 Å². The molecule has 1 saturated carbocycles. The zero-order chi connectivity index (χ0) is 16.4. The van der Waals surface area contributed by atoms with Gasteiger partial charge < -0.3 is 5.32 Å². The van der Waals surface area contributed by atoms with Crippen LogP contribution in [0.15, 0.2) is 28.7 Å². The van der Waals surface area contributed by atoms with Crippen molar-refractivity contribution in [2.45, 2.75) is 46.1 Å². The minimum Gasteiger partial charge on any atom is -0.323 e. The lowest BCUT2D eigenvalue weighted by Gasteiger charge is -2.11. The van der Waals surface area contributed by atoms with Crippen molar-refractivity contribution in [1.29, 1.82) is 0 Å². The number of aromatic nitrogens is 2. The standard InChI is InChI=1S/C18H22BrN3O/c1-12-17(20-18(23)15-5-3-4-6-15)13(2)22(21-12)11-14-7-9-16(19)10-8-14/h7-10,15H,3-6,11H2,1-2H3,(H,20,23). The first-order valence-electron chi connectivity index (χ1n) is 8.14. The quantitative estimate of drug-likeness (QED) is 0.858. The van der Waals surface area contributed by atoms with Crippen LogP contribution in [-0.4, -0.2) is 15.7 Å². The van der Waals surface area contributed by atoms with Gasteiger partial charge in [0.15, 0.2) is 0 Å². The molecule has 0 bridgehead atoms. The number of halogens is 1. The summed E-state index contributed by atoms with van der Waals surface area (Å²) >= 11 is 3.45. The minimum absolute atomic E-state index is 0.150. The van der Waals surface area contributed by atoms with E-state index < -0.39 is 0 Å². The zero-order valence-electron chi connectivity index (χ0n) is 13.6. The van der Waals surface area contributed by atoms with Crippen LogP contribution in [0.4, 0.5) is 5.69 Å². The van der Waals surface area contributed by atoms with Gasteiger partial charge in [-0.25, -0.2) is 0 Å². The number of aryl methyl sites for hydroxylation is 1. The lowest BCUT2D eigenvalue weighted by atomic mass is 10.1. The molecule has 4 nitrogen and oxygen atoms in total. The molecular formula is C18H22BrN3O. The lowest BCUT2D eigenvalue weighted by molar-refractivity contribution is -0.119. The van der Waals surface area contributed by atoms with E-state index in [1.54, 1.807) is 0 Å². The number of rotatable bonds is 4. The summed E-state index contributed by atoms with van der Waals surface area (Å²) in [5.74, 6) is 0.320. The third kappa shape index (κ3) is 3.66. The van der Waals surface area contributed by atoms with Gasteiger partial charge in [-0.3, -0.25) is 9.48 Å². The number of hydrogen-bond donors (Lipinski definition) is 1. The summed E-state index contributed by atoms with van der Waals surface area (Å²) in [6.07, 6.45) is 4.35. The molecule has 1 aliphatic carbocycles. The van der Waals surface area contributed by atoms with E-state index in [1.807, 2.05) is 30.7 Å². The number of hydrogen-bond acceptors (Lipinski definition) is 2. The van der Waals surface area contributed by atoms with Gasteiger partial charge in [0.2, 0.25) is 5.91 Å². The van der Waals surface area contributed by atoms with Crippen molar-refractivity contribution in [3.63, 3.8) is 0 Å². The van der Waals surface area contributed by atoms with E-state index in [0.29, 0.717) is 6.54 Å². The first kappa shape index (κ1) is 16.2. The maximum Gasteiger partial charge on any atom is 0.227 e. The van der Waals surface area contributed by atoms with E-state index in [0.717, 1.165) is 34.4 Å². The van der Waals surface area contributed by atoms with Gasteiger partial charge in [0.25, 0.3) is 0 Å². The molecule has 0 aliphatic heterocycles. The predicted octanol–water partition coefficient (Wildman–Crippen LogP) is 4.44. The Hall–Kier alpha value is -1.62. The predicted molar refractivity (Wildman–Crippen MR) is 95.5 cm³/mol. The van der Waals surface area contributed by atoms with E-state index in [9.17, 15) is 4.79 Å². The first-order valence-corrected chi connectivity index (χ1v) is 8.93. The summed E-state index contributed by atoms with van der Waals surface area (Å²) in [4.78, 5) is 12.4. The Morgan fingerprint density at radius 3 is 2.57 bits per heavy atom. The SMILES string of the molecule is Cc1nn(Cc2ccc(Br)cc2)c(C)c1NC(=O)C1CCCC1. The third-order valence-corrected chi connectivity index (χ3v) is 5.13. The molecule has 5 heteroatoms. The van der Waals surface area contributed by atoms with Crippen molar-refractivity contribution in [3.05, 3.63) is 45.7 Å². The third-order valence-electron chi connectivity index (χ3n) is 4.60. The van der Waals surface area contributed by atoms with E-state index >= 15 is 0 Å². The second-order valence-electron chi connectivity index (χ2n) is 6.30. The van der Waals surface area contributed by atoms with Crippen LogP contribution in [0.5, 0.6) is 0 Å². The number of nitrogens with zero attached hydrogens (tertiary/aromatic N) is 2. The van der Waals surface area contributed by atoms with Crippen LogP contribution in [0.1, 0.15) is 42.6 Å². The summed E-state index contributed by atoms with van der Waals surface area (Å²) < 4.78 is 3.03. The lowest BCUT2D eigenvalue weighted by Crippen LogP contribution is -2.21. The van der Waals surface area contributed by atoms with Gasteiger partial charge in [0, 0.05) is 10.4 Å². The summed E-state index contributed by atoms with van der Waals surface area (Å²) in [5.41, 5.74) is 3.95. The van der Waals surface area contributed by atoms with Gasteiger partial charge in [-0.2, -0.15) is 5.10 Å². The van der Waals surface area contributed by atoms with Crippen LogP contribution in [-0.2, 0) is 11.3 Å². The highest BCUT2D eigenvalue weighted by atomic mass is 79.9. The minimum atomic E-state index is 0.150.